The molecule has 1 aromatic heterocycles. The highest BCUT2D eigenvalue weighted by Gasteiger charge is 2.36. The van der Waals surface area contributed by atoms with Crippen LogP contribution in [0.5, 0.6) is 0 Å². The Bertz CT molecular complexity index is 482. The second kappa shape index (κ2) is 5.81. The van der Waals surface area contributed by atoms with Crippen molar-refractivity contribution in [1.29, 1.82) is 5.26 Å². The fourth-order valence-electron chi connectivity index (χ4n) is 2.38. The van der Waals surface area contributed by atoms with Gasteiger partial charge in [0.05, 0.1) is 24.7 Å². The quantitative estimate of drug-likeness (QED) is 0.812. The van der Waals surface area contributed by atoms with Crippen molar-refractivity contribution in [1.82, 2.24) is 14.8 Å². The Morgan fingerprint density at radius 2 is 2.32 bits per heavy atom. The van der Waals surface area contributed by atoms with Crippen molar-refractivity contribution in [3.63, 3.8) is 0 Å². The first-order valence-corrected chi connectivity index (χ1v) is 6.41. The average Bonchev–Trinajstić information content (AvgIpc) is 2.42. The van der Waals surface area contributed by atoms with Crippen molar-refractivity contribution < 1.29 is 4.79 Å². The molecule has 0 bridgehead atoms. The van der Waals surface area contributed by atoms with E-state index in [-0.39, 0.29) is 24.4 Å². The molecule has 19 heavy (non-hydrogen) atoms. The molecule has 0 N–H and O–H groups in total. The molecule has 2 atom stereocenters. The van der Waals surface area contributed by atoms with Gasteiger partial charge in [-0.15, -0.1) is 0 Å². The predicted molar refractivity (Wildman–Crippen MR) is 70.9 cm³/mol. The van der Waals surface area contributed by atoms with Gasteiger partial charge < -0.3 is 4.90 Å². The lowest BCUT2D eigenvalue weighted by molar-refractivity contribution is -0.144. The van der Waals surface area contributed by atoms with E-state index in [0.717, 1.165) is 5.69 Å². The monoisotopic (exact) mass is 258 g/mol. The second-order valence-corrected chi connectivity index (χ2v) is 4.93. The Morgan fingerprint density at radius 1 is 1.53 bits per heavy atom. The van der Waals surface area contributed by atoms with E-state index in [1.54, 1.807) is 11.1 Å². The van der Waals surface area contributed by atoms with Gasteiger partial charge in [0.1, 0.15) is 6.04 Å². The van der Waals surface area contributed by atoms with Crippen molar-refractivity contribution in [2.24, 2.45) is 0 Å². The lowest BCUT2D eigenvalue weighted by Crippen LogP contribution is -2.59. The topological polar surface area (TPSA) is 60.2 Å². The highest BCUT2D eigenvalue weighted by molar-refractivity contribution is 5.83. The molecule has 5 nitrogen and oxygen atoms in total. The molecule has 2 rings (SSSR count). The fraction of sp³-hybridized carbons (Fsp3) is 0.500. The van der Waals surface area contributed by atoms with Crippen LogP contribution in [0.15, 0.2) is 24.4 Å². The minimum absolute atomic E-state index is 0.0211. The summed E-state index contributed by atoms with van der Waals surface area (Å²) in [5.41, 5.74) is 0.878. The summed E-state index contributed by atoms with van der Waals surface area (Å²) in [7, 11) is 1.91. The van der Waals surface area contributed by atoms with E-state index in [9.17, 15) is 4.79 Å². The maximum absolute atomic E-state index is 12.4. The first-order chi connectivity index (χ1) is 9.13. The number of hydrogen-bond donors (Lipinski definition) is 0. The van der Waals surface area contributed by atoms with Gasteiger partial charge in [-0.05, 0) is 26.1 Å². The highest BCUT2D eigenvalue weighted by atomic mass is 16.2. The minimum Gasteiger partial charge on any atom is -0.334 e. The van der Waals surface area contributed by atoms with Crippen LogP contribution in [0, 0.1) is 11.3 Å². The summed E-state index contributed by atoms with van der Waals surface area (Å²) >= 11 is 0. The van der Waals surface area contributed by atoms with Crippen molar-refractivity contribution >= 4 is 5.91 Å². The van der Waals surface area contributed by atoms with Crippen LogP contribution in [0.2, 0.25) is 0 Å². The molecule has 1 aliphatic heterocycles. The summed E-state index contributed by atoms with van der Waals surface area (Å²) in [6, 6.07) is 7.70. The van der Waals surface area contributed by atoms with Gasteiger partial charge >= 0.3 is 0 Å². The third-order valence-corrected chi connectivity index (χ3v) is 3.63. The molecule has 0 saturated carbocycles. The summed E-state index contributed by atoms with van der Waals surface area (Å²) in [6.07, 6.45) is 1.96. The standard InChI is InChI=1S/C14H18N4O/c1-11-9-18(10-12-5-3-4-8-16-12)14(19)13(6-7-15)17(11)2/h3-5,8,11,13H,6,9-10H2,1-2H3. The van der Waals surface area contributed by atoms with Crippen LogP contribution in [0.1, 0.15) is 19.0 Å². The first kappa shape index (κ1) is 13.5. The summed E-state index contributed by atoms with van der Waals surface area (Å²) in [4.78, 5) is 20.4. The lowest BCUT2D eigenvalue weighted by Gasteiger charge is -2.42. The Balaban J connectivity index is 2.13. The maximum atomic E-state index is 12.4. The second-order valence-electron chi connectivity index (χ2n) is 4.93. The van der Waals surface area contributed by atoms with E-state index in [4.69, 9.17) is 5.26 Å². The fourth-order valence-corrected chi connectivity index (χ4v) is 2.38. The lowest BCUT2D eigenvalue weighted by atomic mass is 10.0. The first-order valence-electron chi connectivity index (χ1n) is 6.41. The number of likely N-dealkylation sites (N-methyl/N-ethyl adjacent to an activating group) is 1. The van der Waals surface area contributed by atoms with Crippen LogP contribution < -0.4 is 0 Å². The van der Waals surface area contributed by atoms with Crippen LogP contribution >= 0.6 is 0 Å². The van der Waals surface area contributed by atoms with Crippen LogP contribution in [-0.4, -0.2) is 46.4 Å². The zero-order chi connectivity index (χ0) is 13.8. The maximum Gasteiger partial charge on any atom is 0.241 e. The average molecular weight is 258 g/mol. The number of hydrogen-bond acceptors (Lipinski definition) is 4. The van der Waals surface area contributed by atoms with E-state index in [0.29, 0.717) is 13.1 Å². The minimum atomic E-state index is -0.336. The molecular formula is C14H18N4O. The van der Waals surface area contributed by atoms with Crippen molar-refractivity contribution in [2.45, 2.75) is 32.0 Å². The van der Waals surface area contributed by atoms with Gasteiger partial charge in [-0.25, -0.2) is 0 Å². The van der Waals surface area contributed by atoms with Crippen LogP contribution in [-0.2, 0) is 11.3 Å². The van der Waals surface area contributed by atoms with E-state index < -0.39 is 0 Å². The van der Waals surface area contributed by atoms with E-state index in [1.807, 2.05) is 30.1 Å². The number of pyridine rings is 1. The number of carbonyl (C=O) groups excluding carboxylic acids is 1. The summed E-state index contributed by atoms with van der Waals surface area (Å²) in [5.74, 6) is 0.0211. The molecule has 1 fully saturated rings. The summed E-state index contributed by atoms with van der Waals surface area (Å²) in [6.45, 7) is 3.26. The van der Waals surface area contributed by atoms with Crippen LogP contribution in [0.3, 0.4) is 0 Å². The molecular weight excluding hydrogens is 240 g/mol. The molecule has 2 unspecified atom stereocenters. The normalized spacial score (nSPS) is 24.3. The molecule has 0 aliphatic carbocycles. The van der Waals surface area contributed by atoms with Crippen LogP contribution in [0.25, 0.3) is 0 Å². The molecule has 1 saturated heterocycles. The number of carbonyl (C=O) groups is 1. The summed E-state index contributed by atoms with van der Waals surface area (Å²) < 4.78 is 0. The Morgan fingerprint density at radius 3 is 2.95 bits per heavy atom. The number of rotatable bonds is 3. The predicted octanol–water partition coefficient (Wildman–Crippen LogP) is 1.03. The van der Waals surface area contributed by atoms with Gasteiger partial charge in [0.15, 0.2) is 0 Å². The molecule has 1 amide bonds. The summed E-state index contributed by atoms with van der Waals surface area (Å²) in [5, 5.41) is 8.86. The molecule has 1 aromatic rings. The highest BCUT2D eigenvalue weighted by Crippen LogP contribution is 2.19. The smallest absolute Gasteiger partial charge is 0.241 e. The van der Waals surface area contributed by atoms with Crippen molar-refractivity contribution in [2.75, 3.05) is 13.6 Å². The Kier molecular flexibility index (Phi) is 4.13. The molecule has 2 heterocycles. The number of piperazine rings is 1. The van der Waals surface area contributed by atoms with Gasteiger partial charge in [-0.1, -0.05) is 6.07 Å². The third-order valence-electron chi connectivity index (χ3n) is 3.63. The van der Waals surface area contributed by atoms with Crippen LogP contribution in [0.4, 0.5) is 0 Å². The van der Waals surface area contributed by atoms with Gasteiger partial charge in [-0.2, -0.15) is 5.26 Å². The van der Waals surface area contributed by atoms with E-state index in [1.165, 1.54) is 0 Å². The molecule has 100 valence electrons. The van der Waals surface area contributed by atoms with Gasteiger partial charge in [0.25, 0.3) is 0 Å². The van der Waals surface area contributed by atoms with Crippen molar-refractivity contribution in [3.8, 4) is 6.07 Å². The largest absolute Gasteiger partial charge is 0.334 e. The van der Waals surface area contributed by atoms with E-state index >= 15 is 0 Å². The zero-order valence-corrected chi connectivity index (χ0v) is 11.3. The van der Waals surface area contributed by atoms with Gasteiger partial charge in [-0.3, -0.25) is 14.7 Å². The number of nitrogens with zero attached hydrogens (tertiary/aromatic N) is 4. The molecule has 5 heteroatoms. The van der Waals surface area contributed by atoms with Gasteiger partial charge in [0.2, 0.25) is 5.91 Å². The van der Waals surface area contributed by atoms with E-state index in [2.05, 4.69) is 18.0 Å². The molecule has 1 aliphatic rings. The number of aromatic nitrogens is 1. The Hall–Kier alpha value is -1.93. The SMILES string of the molecule is CC1CN(Cc2ccccn2)C(=O)C(CC#N)N1C. The number of amides is 1. The molecule has 0 radical (unpaired) electrons. The zero-order valence-electron chi connectivity index (χ0n) is 11.3. The van der Waals surface area contributed by atoms with Gasteiger partial charge in [0, 0.05) is 18.8 Å². The van der Waals surface area contributed by atoms with Crippen molar-refractivity contribution in [3.05, 3.63) is 30.1 Å². The Labute approximate surface area is 113 Å². The number of nitriles is 1. The third kappa shape index (κ3) is 2.91. The molecule has 0 aromatic carbocycles. The molecule has 0 spiro atoms.